The van der Waals surface area contributed by atoms with Crippen LogP contribution in [0, 0.1) is 20.2 Å². The Kier molecular flexibility index (Phi) is 5.41. The first-order chi connectivity index (χ1) is 17.9. The predicted molar refractivity (Wildman–Crippen MR) is 134 cm³/mol. The number of carbonyl (C=O) groups is 1. The lowest BCUT2D eigenvalue weighted by Crippen LogP contribution is -2.55. The molecule has 0 unspecified atom stereocenters. The predicted octanol–water partition coefficient (Wildman–Crippen LogP) is 4.23. The first-order valence-corrected chi connectivity index (χ1v) is 12.2. The average Bonchev–Trinajstić information content (AvgIpc) is 3.56. The van der Waals surface area contributed by atoms with Gasteiger partial charge in [-0.1, -0.05) is 42.5 Å². The summed E-state index contributed by atoms with van der Waals surface area (Å²) in [6.45, 7) is 0.774. The van der Waals surface area contributed by atoms with Crippen molar-refractivity contribution >= 4 is 17.3 Å². The number of ether oxygens (including phenoxy) is 1. The molecule has 3 heterocycles. The van der Waals surface area contributed by atoms with E-state index in [1.165, 1.54) is 12.1 Å². The van der Waals surface area contributed by atoms with Crippen LogP contribution < -0.4 is 10.1 Å². The van der Waals surface area contributed by atoms with Gasteiger partial charge in [0.15, 0.2) is 5.54 Å². The number of fused-ring (bicyclic) bond motifs is 4. The molecule has 0 radical (unpaired) electrons. The standard InChI is InChI=1S/C27H24N4O6/c32-26-27(21-7-1-2-8-22(21)28-26)25(31(35)36)24(23-9-4-14-29(23)27)18-10-12-20(13-11-18)37-16-17-5-3-6-19(15-17)30(33)34/h1-3,5-8,10-13,15,23-25H,4,9,14,16H2,(H,28,32)/t23-,24-,25+,27-/m0/s1. The second-order valence-electron chi connectivity index (χ2n) is 9.71. The summed E-state index contributed by atoms with van der Waals surface area (Å²) in [5.41, 5.74) is 1.41. The van der Waals surface area contributed by atoms with Crippen LogP contribution in [0.4, 0.5) is 11.4 Å². The van der Waals surface area contributed by atoms with Crippen LogP contribution in [0.3, 0.4) is 0 Å². The highest BCUT2D eigenvalue weighted by molar-refractivity contribution is 6.07. The van der Waals surface area contributed by atoms with E-state index >= 15 is 0 Å². The fraction of sp³-hybridized carbons (Fsp3) is 0.296. The molecular weight excluding hydrogens is 476 g/mol. The van der Waals surface area contributed by atoms with Gasteiger partial charge < -0.3 is 10.1 Å². The Labute approximate surface area is 212 Å². The molecule has 4 atom stereocenters. The Morgan fingerprint density at radius 3 is 2.57 bits per heavy atom. The van der Waals surface area contributed by atoms with Crippen LogP contribution >= 0.6 is 0 Å². The van der Waals surface area contributed by atoms with Gasteiger partial charge in [-0.25, -0.2) is 0 Å². The second-order valence-corrected chi connectivity index (χ2v) is 9.71. The van der Waals surface area contributed by atoms with E-state index in [0.29, 0.717) is 29.1 Å². The van der Waals surface area contributed by atoms with E-state index in [-0.39, 0.29) is 29.2 Å². The van der Waals surface area contributed by atoms with Crippen LogP contribution in [0.5, 0.6) is 5.75 Å². The molecule has 1 amide bonds. The van der Waals surface area contributed by atoms with Crippen molar-refractivity contribution in [2.75, 3.05) is 11.9 Å². The summed E-state index contributed by atoms with van der Waals surface area (Å²) in [5, 5.41) is 26.6. The van der Waals surface area contributed by atoms with Crippen molar-refractivity contribution in [1.82, 2.24) is 4.90 Å². The lowest BCUT2D eigenvalue weighted by atomic mass is 9.77. The molecule has 2 fully saturated rings. The maximum Gasteiger partial charge on any atom is 0.269 e. The first-order valence-electron chi connectivity index (χ1n) is 12.2. The van der Waals surface area contributed by atoms with Crippen molar-refractivity contribution in [3.8, 4) is 5.75 Å². The topological polar surface area (TPSA) is 128 Å². The minimum Gasteiger partial charge on any atom is -0.489 e. The molecular formula is C27H24N4O6. The van der Waals surface area contributed by atoms with Crippen LogP contribution in [-0.4, -0.2) is 39.3 Å². The van der Waals surface area contributed by atoms with Crippen molar-refractivity contribution in [3.05, 3.63) is 110 Å². The summed E-state index contributed by atoms with van der Waals surface area (Å²) < 4.78 is 5.83. The number of anilines is 1. The number of hydrogen-bond donors (Lipinski definition) is 1. The zero-order valence-corrected chi connectivity index (χ0v) is 19.8. The van der Waals surface area contributed by atoms with E-state index < -0.39 is 22.4 Å². The van der Waals surface area contributed by atoms with E-state index in [2.05, 4.69) is 10.2 Å². The normalized spacial score (nSPS) is 26.1. The Morgan fingerprint density at radius 2 is 1.81 bits per heavy atom. The molecule has 0 aromatic heterocycles. The molecule has 0 bridgehead atoms. The molecule has 0 saturated carbocycles. The van der Waals surface area contributed by atoms with E-state index in [1.807, 2.05) is 30.3 Å². The number of nitro benzene ring substituents is 1. The summed E-state index contributed by atoms with van der Waals surface area (Å²) in [6, 6.07) is 19.4. The van der Waals surface area contributed by atoms with Gasteiger partial charge in [0.05, 0.1) is 10.8 Å². The zero-order chi connectivity index (χ0) is 25.7. The van der Waals surface area contributed by atoms with E-state index in [9.17, 15) is 25.0 Å². The third-order valence-corrected chi connectivity index (χ3v) is 7.89. The van der Waals surface area contributed by atoms with Crippen molar-refractivity contribution in [2.24, 2.45) is 0 Å². The van der Waals surface area contributed by atoms with Crippen LogP contribution in [0.25, 0.3) is 0 Å². The average molecular weight is 501 g/mol. The van der Waals surface area contributed by atoms with Gasteiger partial charge in [-0.3, -0.25) is 29.9 Å². The number of benzene rings is 3. The number of nitrogens with one attached hydrogen (secondary N) is 1. The Morgan fingerprint density at radius 1 is 1.03 bits per heavy atom. The molecule has 37 heavy (non-hydrogen) atoms. The molecule has 6 rings (SSSR count). The van der Waals surface area contributed by atoms with Crippen molar-refractivity contribution < 1.29 is 19.4 Å². The second kappa shape index (κ2) is 8.67. The Hall–Kier alpha value is -4.31. The molecule has 3 aromatic carbocycles. The molecule has 3 aliphatic rings. The van der Waals surface area contributed by atoms with Crippen LogP contribution in [0.15, 0.2) is 72.8 Å². The number of rotatable bonds is 6. The minimum absolute atomic E-state index is 0.00364. The molecule has 1 spiro atoms. The first kappa shape index (κ1) is 23.1. The van der Waals surface area contributed by atoms with Crippen molar-refractivity contribution in [3.63, 3.8) is 0 Å². The summed E-state index contributed by atoms with van der Waals surface area (Å²) in [7, 11) is 0. The van der Waals surface area contributed by atoms with E-state index in [0.717, 1.165) is 18.4 Å². The number of para-hydroxylation sites is 1. The van der Waals surface area contributed by atoms with Gasteiger partial charge in [-0.05, 0) is 42.2 Å². The van der Waals surface area contributed by atoms with E-state index in [1.54, 1.807) is 30.3 Å². The van der Waals surface area contributed by atoms with Gasteiger partial charge in [-0.15, -0.1) is 0 Å². The fourth-order valence-electron chi connectivity index (χ4n) is 6.49. The molecule has 188 valence electrons. The number of hydrogen-bond acceptors (Lipinski definition) is 7. The third-order valence-electron chi connectivity index (χ3n) is 7.89. The lowest BCUT2D eigenvalue weighted by molar-refractivity contribution is -0.534. The monoisotopic (exact) mass is 500 g/mol. The molecule has 3 aliphatic heterocycles. The van der Waals surface area contributed by atoms with Crippen LogP contribution in [0.2, 0.25) is 0 Å². The van der Waals surface area contributed by atoms with Crippen LogP contribution in [0.1, 0.15) is 35.4 Å². The maximum absolute atomic E-state index is 13.5. The SMILES string of the molecule is O=C1Nc2ccccc2[C@]12[C@H]([N+](=O)[O-])[C@@H](c1ccc(OCc3cccc([N+](=O)[O-])c3)cc1)[C@@H]1CCCN12. The Bertz CT molecular complexity index is 1410. The fourth-order valence-corrected chi connectivity index (χ4v) is 6.49. The largest absolute Gasteiger partial charge is 0.489 e. The van der Waals surface area contributed by atoms with Gasteiger partial charge >= 0.3 is 0 Å². The summed E-state index contributed by atoms with van der Waals surface area (Å²) >= 11 is 0. The number of carbonyl (C=O) groups excluding carboxylic acids is 1. The molecule has 2 saturated heterocycles. The number of amides is 1. The highest BCUT2D eigenvalue weighted by atomic mass is 16.6. The summed E-state index contributed by atoms with van der Waals surface area (Å²) in [5.74, 6) is -0.255. The highest BCUT2D eigenvalue weighted by Crippen LogP contribution is 2.58. The minimum atomic E-state index is -1.34. The highest BCUT2D eigenvalue weighted by Gasteiger charge is 2.73. The number of nitro groups is 2. The van der Waals surface area contributed by atoms with Gasteiger partial charge in [0.1, 0.15) is 12.4 Å². The van der Waals surface area contributed by atoms with Gasteiger partial charge in [0, 0.05) is 40.9 Å². The maximum atomic E-state index is 13.5. The van der Waals surface area contributed by atoms with Crippen LogP contribution in [-0.2, 0) is 16.9 Å². The van der Waals surface area contributed by atoms with Gasteiger partial charge in [0.2, 0.25) is 0 Å². The zero-order valence-electron chi connectivity index (χ0n) is 19.8. The molecule has 10 heteroatoms. The smallest absolute Gasteiger partial charge is 0.269 e. The molecule has 1 N–H and O–H groups in total. The van der Waals surface area contributed by atoms with Gasteiger partial charge in [0.25, 0.3) is 17.6 Å². The van der Waals surface area contributed by atoms with Crippen molar-refractivity contribution in [2.45, 2.75) is 43.0 Å². The number of nitrogens with zero attached hydrogens (tertiary/aromatic N) is 3. The Balaban J connectivity index is 1.31. The quantitative estimate of drug-likeness (QED) is 0.396. The summed E-state index contributed by atoms with van der Waals surface area (Å²) in [6.07, 6.45) is 1.64. The third kappa shape index (κ3) is 3.47. The van der Waals surface area contributed by atoms with E-state index in [4.69, 9.17) is 4.74 Å². The van der Waals surface area contributed by atoms with Crippen molar-refractivity contribution in [1.29, 1.82) is 0 Å². The molecule has 10 nitrogen and oxygen atoms in total. The molecule has 0 aliphatic carbocycles. The number of non-ortho nitro benzene ring substituents is 1. The summed E-state index contributed by atoms with van der Waals surface area (Å²) in [4.78, 5) is 38.5. The van der Waals surface area contributed by atoms with Gasteiger partial charge in [-0.2, -0.15) is 0 Å². The molecule has 3 aromatic rings. The lowest BCUT2D eigenvalue weighted by Gasteiger charge is -2.32.